The summed E-state index contributed by atoms with van der Waals surface area (Å²) in [5.41, 5.74) is 1.24. The fourth-order valence-corrected chi connectivity index (χ4v) is 4.04. The zero-order valence-electron chi connectivity index (χ0n) is 11.7. The third-order valence-corrected chi connectivity index (χ3v) is 4.97. The smallest absolute Gasteiger partial charge is 0.145 e. The summed E-state index contributed by atoms with van der Waals surface area (Å²) in [7, 11) is 1.75. The molecule has 1 aromatic heterocycles. The molecule has 0 unspecified atom stereocenters. The number of hydrogen-bond donors (Lipinski definition) is 0. The van der Waals surface area contributed by atoms with E-state index in [0.717, 1.165) is 5.75 Å². The molecular formula is C19H14OS. The van der Waals surface area contributed by atoms with Crippen LogP contribution in [0, 0.1) is 0 Å². The molecular weight excluding hydrogens is 276 g/mol. The Morgan fingerprint density at radius 3 is 2.33 bits per heavy atom. The van der Waals surface area contributed by atoms with Gasteiger partial charge in [-0.1, -0.05) is 54.6 Å². The van der Waals surface area contributed by atoms with E-state index in [-0.39, 0.29) is 0 Å². The van der Waals surface area contributed by atoms with Crippen LogP contribution >= 0.6 is 11.3 Å². The number of benzene rings is 3. The van der Waals surface area contributed by atoms with Gasteiger partial charge in [0.1, 0.15) is 5.75 Å². The topological polar surface area (TPSA) is 9.23 Å². The van der Waals surface area contributed by atoms with Crippen molar-refractivity contribution in [2.24, 2.45) is 0 Å². The van der Waals surface area contributed by atoms with Crippen molar-refractivity contribution in [1.29, 1.82) is 0 Å². The van der Waals surface area contributed by atoms with E-state index in [1.807, 2.05) is 0 Å². The zero-order valence-corrected chi connectivity index (χ0v) is 12.5. The van der Waals surface area contributed by atoms with Crippen LogP contribution in [0.2, 0.25) is 0 Å². The van der Waals surface area contributed by atoms with Gasteiger partial charge in [0.15, 0.2) is 0 Å². The monoisotopic (exact) mass is 290 g/mol. The number of methoxy groups -OCH3 is 1. The van der Waals surface area contributed by atoms with Gasteiger partial charge in [-0.25, -0.2) is 0 Å². The highest BCUT2D eigenvalue weighted by molar-refractivity contribution is 7.22. The van der Waals surface area contributed by atoms with Crippen molar-refractivity contribution in [2.75, 3.05) is 7.11 Å². The lowest BCUT2D eigenvalue weighted by molar-refractivity contribution is 0.423. The lowest BCUT2D eigenvalue weighted by Crippen LogP contribution is -1.84. The largest absolute Gasteiger partial charge is 0.495 e. The molecule has 0 amide bonds. The second-order valence-electron chi connectivity index (χ2n) is 4.99. The van der Waals surface area contributed by atoms with Crippen LogP contribution in [0.3, 0.4) is 0 Å². The number of hydrogen-bond acceptors (Lipinski definition) is 2. The normalized spacial score (nSPS) is 11.1. The highest BCUT2D eigenvalue weighted by Gasteiger charge is 2.15. The molecule has 2 heteroatoms. The quantitative estimate of drug-likeness (QED) is 0.458. The number of fused-ring (bicyclic) bond motifs is 2. The van der Waals surface area contributed by atoms with Gasteiger partial charge in [-0.2, -0.15) is 0 Å². The van der Waals surface area contributed by atoms with Gasteiger partial charge >= 0.3 is 0 Å². The third kappa shape index (κ3) is 1.91. The van der Waals surface area contributed by atoms with E-state index in [1.54, 1.807) is 18.4 Å². The maximum absolute atomic E-state index is 5.71. The van der Waals surface area contributed by atoms with Crippen LogP contribution < -0.4 is 4.74 Å². The Morgan fingerprint density at radius 1 is 0.762 bits per heavy atom. The Kier molecular flexibility index (Phi) is 2.90. The molecule has 1 nitrogen and oxygen atoms in total. The summed E-state index contributed by atoms with van der Waals surface area (Å²) in [6.45, 7) is 0. The summed E-state index contributed by atoms with van der Waals surface area (Å²) in [4.78, 5) is 1.20. The van der Waals surface area contributed by atoms with E-state index in [0.29, 0.717) is 0 Å². The van der Waals surface area contributed by atoms with Crippen LogP contribution in [0.5, 0.6) is 5.75 Å². The van der Waals surface area contributed by atoms with E-state index in [4.69, 9.17) is 4.74 Å². The van der Waals surface area contributed by atoms with E-state index >= 15 is 0 Å². The van der Waals surface area contributed by atoms with Crippen molar-refractivity contribution in [3.63, 3.8) is 0 Å². The molecule has 0 spiro atoms. The average Bonchev–Trinajstić information content (AvgIpc) is 2.92. The SMILES string of the molecule is COc1c(-c2cccc3ccccc23)sc2ccccc12. The first kappa shape index (κ1) is 12.4. The molecule has 21 heavy (non-hydrogen) atoms. The number of rotatable bonds is 2. The minimum atomic E-state index is 0.979. The number of ether oxygens (including phenoxy) is 1. The Morgan fingerprint density at radius 2 is 1.48 bits per heavy atom. The van der Waals surface area contributed by atoms with Crippen LogP contribution in [0.25, 0.3) is 31.3 Å². The molecule has 102 valence electrons. The second-order valence-corrected chi connectivity index (χ2v) is 6.04. The highest BCUT2D eigenvalue weighted by atomic mass is 32.1. The Labute approximate surface area is 127 Å². The molecule has 0 saturated heterocycles. The third-order valence-electron chi connectivity index (χ3n) is 3.79. The van der Waals surface area contributed by atoms with Crippen molar-refractivity contribution in [3.05, 3.63) is 66.7 Å². The van der Waals surface area contributed by atoms with Crippen molar-refractivity contribution >= 4 is 32.2 Å². The van der Waals surface area contributed by atoms with Crippen molar-refractivity contribution in [2.45, 2.75) is 0 Å². The van der Waals surface area contributed by atoms with Gasteiger partial charge in [-0.15, -0.1) is 11.3 Å². The van der Waals surface area contributed by atoms with Gasteiger partial charge in [0.2, 0.25) is 0 Å². The van der Waals surface area contributed by atoms with E-state index in [1.165, 1.54) is 31.3 Å². The summed E-state index contributed by atoms with van der Waals surface area (Å²) in [5, 5.41) is 3.72. The molecule has 0 aliphatic rings. The van der Waals surface area contributed by atoms with Crippen molar-refractivity contribution < 1.29 is 4.74 Å². The minimum absolute atomic E-state index is 0.979. The van der Waals surface area contributed by atoms with E-state index in [9.17, 15) is 0 Å². The first-order valence-electron chi connectivity index (χ1n) is 6.92. The lowest BCUT2D eigenvalue weighted by atomic mass is 10.0. The highest BCUT2D eigenvalue weighted by Crippen LogP contribution is 2.46. The second kappa shape index (κ2) is 4.90. The van der Waals surface area contributed by atoms with Gasteiger partial charge in [0, 0.05) is 15.6 Å². The predicted octanol–water partition coefficient (Wildman–Crippen LogP) is 5.73. The van der Waals surface area contributed by atoms with Gasteiger partial charge in [-0.05, 0) is 22.9 Å². The Hall–Kier alpha value is -2.32. The first-order chi connectivity index (χ1) is 10.4. The number of thiophene rings is 1. The molecule has 0 aliphatic heterocycles. The summed E-state index contributed by atoms with van der Waals surface area (Å²) in [5.74, 6) is 0.979. The van der Waals surface area contributed by atoms with Crippen molar-refractivity contribution in [3.8, 4) is 16.2 Å². The summed E-state index contributed by atoms with van der Waals surface area (Å²) < 4.78 is 6.97. The molecule has 1 heterocycles. The fourth-order valence-electron chi connectivity index (χ4n) is 2.83. The lowest BCUT2D eigenvalue weighted by Gasteiger charge is -2.07. The molecule has 0 fully saturated rings. The molecule has 0 atom stereocenters. The predicted molar refractivity (Wildman–Crippen MR) is 91.3 cm³/mol. The van der Waals surface area contributed by atoms with Crippen LogP contribution in [0.1, 0.15) is 0 Å². The van der Waals surface area contributed by atoms with Gasteiger partial charge in [0.25, 0.3) is 0 Å². The minimum Gasteiger partial charge on any atom is -0.495 e. The van der Waals surface area contributed by atoms with Crippen LogP contribution in [0.4, 0.5) is 0 Å². The van der Waals surface area contributed by atoms with E-state index < -0.39 is 0 Å². The summed E-state index contributed by atoms with van der Waals surface area (Å²) >= 11 is 1.79. The average molecular weight is 290 g/mol. The molecule has 0 aliphatic carbocycles. The van der Waals surface area contributed by atoms with Crippen LogP contribution in [0.15, 0.2) is 66.7 Å². The summed E-state index contributed by atoms with van der Waals surface area (Å²) in [6, 6.07) is 23.3. The van der Waals surface area contributed by atoms with Gasteiger partial charge in [0.05, 0.1) is 12.0 Å². The molecule has 0 bridgehead atoms. The van der Waals surface area contributed by atoms with Crippen LogP contribution in [-0.2, 0) is 0 Å². The molecule has 0 radical (unpaired) electrons. The first-order valence-corrected chi connectivity index (χ1v) is 7.74. The van der Waals surface area contributed by atoms with Crippen LogP contribution in [-0.4, -0.2) is 7.11 Å². The van der Waals surface area contributed by atoms with Gasteiger partial charge in [-0.3, -0.25) is 0 Å². The maximum Gasteiger partial charge on any atom is 0.145 e. The zero-order chi connectivity index (χ0) is 14.2. The standard InChI is InChI=1S/C19H14OS/c1-20-18-16-10-4-5-12-17(16)21-19(18)15-11-6-8-13-7-2-3-9-14(13)15/h2-12H,1H3. The molecule has 0 saturated carbocycles. The van der Waals surface area contributed by atoms with E-state index in [2.05, 4.69) is 66.7 Å². The molecule has 4 rings (SSSR count). The Balaban J connectivity index is 2.09. The Bertz CT molecular complexity index is 931. The summed E-state index contributed by atoms with van der Waals surface area (Å²) in [6.07, 6.45) is 0. The molecule has 4 aromatic rings. The van der Waals surface area contributed by atoms with Crippen molar-refractivity contribution in [1.82, 2.24) is 0 Å². The maximum atomic E-state index is 5.71. The van der Waals surface area contributed by atoms with Gasteiger partial charge < -0.3 is 4.74 Å². The molecule has 3 aromatic carbocycles. The fraction of sp³-hybridized carbons (Fsp3) is 0.0526. The molecule has 0 N–H and O–H groups in total.